The lowest BCUT2D eigenvalue weighted by Gasteiger charge is -2.39. The lowest BCUT2D eigenvalue weighted by Crippen LogP contribution is -2.43. The van der Waals surface area contributed by atoms with Crippen LogP contribution in [-0.4, -0.2) is 61.4 Å². The molecule has 2 aromatic rings. The van der Waals surface area contributed by atoms with Crippen LogP contribution >= 0.6 is 0 Å². The maximum Gasteiger partial charge on any atom is 0.232 e. The molecule has 5 rings (SSSR count). The zero-order valence-electron chi connectivity index (χ0n) is 19.8. The van der Waals surface area contributed by atoms with Gasteiger partial charge in [-0.15, -0.1) is 0 Å². The lowest BCUT2D eigenvalue weighted by molar-refractivity contribution is -0.127. The van der Waals surface area contributed by atoms with Gasteiger partial charge in [-0.2, -0.15) is 0 Å². The SMILES string of the molecule is CN1CC(C(=O)N(CCCN2CCC3(C=Cc4ccccc43)CC2)c2ccccc2F)CC1=O. The van der Waals surface area contributed by atoms with Gasteiger partial charge in [-0.25, -0.2) is 4.39 Å². The van der Waals surface area contributed by atoms with E-state index in [1.54, 1.807) is 35.0 Å². The first kappa shape index (κ1) is 22.8. The van der Waals surface area contributed by atoms with Gasteiger partial charge in [0.2, 0.25) is 11.8 Å². The minimum absolute atomic E-state index is 0.0309. The van der Waals surface area contributed by atoms with Crippen LogP contribution in [0.5, 0.6) is 0 Å². The summed E-state index contributed by atoms with van der Waals surface area (Å²) in [6, 6.07) is 15.1. The predicted octanol–water partition coefficient (Wildman–Crippen LogP) is 4.09. The summed E-state index contributed by atoms with van der Waals surface area (Å²) in [4.78, 5) is 30.9. The number of piperidine rings is 1. The predicted molar refractivity (Wildman–Crippen MR) is 132 cm³/mol. The maximum absolute atomic E-state index is 14.6. The summed E-state index contributed by atoms with van der Waals surface area (Å²) in [7, 11) is 1.71. The number of benzene rings is 2. The first-order valence-corrected chi connectivity index (χ1v) is 12.3. The molecule has 2 saturated heterocycles. The highest BCUT2D eigenvalue weighted by atomic mass is 19.1. The third-order valence-corrected chi connectivity index (χ3v) is 7.78. The second kappa shape index (κ2) is 9.34. The molecule has 2 amide bonds. The number of halogens is 1. The third-order valence-electron chi connectivity index (χ3n) is 7.78. The second-order valence-electron chi connectivity index (χ2n) is 9.89. The minimum atomic E-state index is -0.416. The van der Waals surface area contributed by atoms with Crippen molar-refractivity contribution >= 4 is 23.6 Å². The molecule has 0 aromatic heterocycles. The number of para-hydroxylation sites is 1. The van der Waals surface area contributed by atoms with Crippen LogP contribution in [0, 0.1) is 11.7 Å². The van der Waals surface area contributed by atoms with Gasteiger partial charge >= 0.3 is 0 Å². The number of carbonyl (C=O) groups excluding carboxylic acids is 2. The van der Waals surface area contributed by atoms with E-state index in [2.05, 4.69) is 41.3 Å². The average Bonchev–Trinajstić information content (AvgIpc) is 3.38. The summed E-state index contributed by atoms with van der Waals surface area (Å²) in [5.41, 5.74) is 3.25. The highest BCUT2D eigenvalue weighted by molar-refractivity contribution is 5.99. The molecule has 34 heavy (non-hydrogen) atoms. The summed E-state index contributed by atoms with van der Waals surface area (Å²) in [5.74, 6) is -1.01. The quantitative estimate of drug-likeness (QED) is 0.651. The Morgan fingerprint density at radius 2 is 1.85 bits per heavy atom. The van der Waals surface area contributed by atoms with Crippen LogP contribution < -0.4 is 4.90 Å². The van der Waals surface area contributed by atoms with Gasteiger partial charge in [-0.3, -0.25) is 9.59 Å². The molecule has 2 fully saturated rings. The van der Waals surface area contributed by atoms with Gasteiger partial charge in [0.15, 0.2) is 0 Å². The van der Waals surface area contributed by atoms with Gasteiger partial charge in [-0.05, 0) is 62.2 Å². The summed E-state index contributed by atoms with van der Waals surface area (Å²) < 4.78 is 14.6. The van der Waals surface area contributed by atoms with Gasteiger partial charge in [-0.1, -0.05) is 48.6 Å². The van der Waals surface area contributed by atoms with E-state index >= 15 is 0 Å². The van der Waals surface area contributed by atoms with E-state index in [1.165, 1.54) is 17.2 Å². The van der Waals surface area contributed by atoms with Crippen molar-refractivity contribution in [3.63, 3.8) is 0 Å². The molecule has 0 radical (unpaired) electrons. The normalized spacial score (nSPS) is 21.3. The van der Waals surface area contributed by atoms with Crippen molar-refractivity contribution in [1.29, 1.82) is 0 Å². The van der Waals surface area contributed by atoms with E-state index in [0.29, 0.717) is 18.8 Å². The van der Waals surface area contributed by atoms with Crippen LogP contribution in [0.1, 0.15) is 36.8 Å². The van der Waals surface area contributed by atoms with Crippen molar-refractivity contribution in [1.82, 2.24) is 9.80 Å². The molecule has 1 spiro atoms. The van der Waals surface area contributed by atoms with Crippen LogP contribution in [0.3, 0.4) is 0 Å². The van der Waals surface area contributed by atoms with Crippen LogP contribution in [0.2, 0.25) is 0 Å². The number of anilines is 1. The van der Waals surface area contributed by atoms with E-state index in [0.717, 1.165) is 38.9 Å². The number of carbonyl (C=O) groups is 2. The number of allylic oxidation sites excluding steroid dienone is 1. The molecule has 2 heterocycles. The number of hydrogen-bond acceptors (Lipinski definition) is 3. The molecule has 1 unspecified atom stereocenters. The number of amides is 2. The van der Waals surface area contributed by atoms with Gasteiger partial charge in [0.1, 0.15) is 5.82 Å². The zero-order chi connectivity index (χ0) is 23.7. The molecule has 5 nitrogen and oxygen atoms in total. The molecular formula is C28H32FN3O2. The fourth-order valence-electron chi connectivity index (χ4n) is 5.77. The Balaban J connectivity index is 1.21. The molecule has 178 valence electrons. The van der Waals surface area contributed by atoms with E-state index in [-0.39, 0.29) is 23.7 Å². The van der Waals surface area contributed by atoms with E-state index < -0.39 is 11.7 Å². The Kier molecular flexibility index (Phi) is 6.26. The van der Waals surface area contributed by atoms with Crippen molar-refractivity contribution in [2.24, 2.45) is 5.92 Å². The van der Waals surface area contributed by atoms with Crippen molar-refractivity contribution in [2.75, 3.05) is 44.7 Å². The monoisotopic (exact) mass is 461 g/mol. The Bertz CT molecular complexity index is 1110. The number of rotatable bonds is 6. The van der Waals surface area contributed by atoms with Crippen molar-refractivity contribution < 1.29 is 14.0 Å². The molecule has 2 aromatic carbocycles. The van der Waals surface area contributed by atoms with E-state index in [4.69, 9.17) is 0 Å². The molecule has 0 N–H and O–H groups in total. The molecule has 1 atom stereocenters. The average molecular weight is 462 g/mol. The highest BCUT2D eigenvalue weighted by Gasteiger charge is 2.38. The van der Waals surface area contributed by atoms with E-state index in [1.807, 2.05) is 0 Å². The van der Waals surface area contributed by atoms with Gasteiger partial charge < -0.3 is 14.7 Å². The molecule has 1 aliphatic carbocycles. The van der Waals surface area contributed by atoms with Gasteiger partial charge in [0, 0.05) is 32.0 Å². The molecule has 0 saturated carbocycles. The fourth-order valence-corrected chi connectivity index (χ4v) is 5.77. The first-order valence-electron chi connectivity index (χ1n) is 12.3. The van der Waals surface area contributed by atoms with Crippen molar-refractivity contribution in [2.45, 2.75) is 31.1 Å². The number of hydrogen-bond donors (Lipinski definition) is 0. The Labute approximate surface area is 200 Å². The van der Waals surface area contributed by atoms with Gasteiger partial charge in [0.05, 0.1) is 11.6 Å². The topological polar surface area (TPSA) is 43.9 Å². The standard InChI is InChI=1S/C28H32FN3O2/c1-30-20-22(19-26(30)33)27(34)32(25-10-5-4-9-24(25)29)16-6-15-31-17-13-28(14-18-31)12-11-21-7-2-3-8-23(21)28/h2-5,7-12,22H,6,13-20H2,1H3. The second-order valence-corrected chi connectivity index (χ2v) is 9.89. The molecular weight excluding hydrogens is 429 g/mol. The van der Waals surface area contributed by atoms with Crippen LogP contribution in [-0.2, 0) is 15.0 Å². The first-order chi connectivity index (χ1) is 16.5. The van der Waals surface area contributed by atoms with Crippen LogP contribution in [0.25, 0.3) is 6.08 Å². The summed E-state index contributed by atoms with van der Waals surface area (Å²) in [6.07, 6.45) is 7.78. The Morgan fingerprint density at radius 1 is 1.12 bits per heavy atom. The largest absolute Gasteiger partial charge is 0.345 e. The van der Waals surface area contributed by atoms with Crippen molar-refractivity contribution in [3.8, 4) is 0 Å². The smallest absolute Gasteiger partial charge is 0.232 e. The zero-order valence-corrected chi connectivity index (χ0v) is 19.8. The Morgan fingerprint density at radius 3 is 2.59 bits per heavy atom. The summed E-state index contributed by atoms with van der Waals surface area (Å²) >= 11 is 0. The number of fused-ring (bicyclic) bond motifs is 2. The molecule has 2 aliphatic heterocycles. The summed E-state index contributed by atoms with van der Waals surface area (Å²) in [5, 5.41) is 0. The third kappa shape index (κ3) is 4.27. The van der Waals surface area contributed by atoms with Crippen molar-refractivity contribution in [3.05, 3.63) is 71.6 Å². The number of likely N-dealkylation sites (tertiary alicyclic amines) is 2. The summed E-state index contributed by atoms with van der Waals surface area (Å²) in [6.45, 7) is 3.72. The molecule has 0 bridgehead atoms. The number of nitrogens with zero attached hydrogens (tertiary/aromatic N) is 3. The fraction of sp³-hybridized carbons (Fsp3) is 0.429. The van der Waals surface area contributed by atoms with Gasteiger partial charge in [0.25, 0.3) is 0 Å². The lowest BCUT2D eigenvalue weighted by atomic mass is 9.74. The molecule has 3 aliphatic rings. The molecule has 6 heteroatoms. The Hall–Kier alpha value is -2.99. The highest BCUT2D eigenvalue weighted by Crippen LogP contribution is 2.43. The maximum atomic E-state index is 14.6. The van der Waals surface area contributed by atoms with E-state index in [9.17, 15) is 14.0 Å². The minimum Gasteiger partial charge on any atom is -0.345 e. The van der Waals surface area contributed by atoms with Crippen LogP contribution in [0.15, 0.2) is 54.6 Å². The van der Waals surface area contributed by atoms with Crippen LogP contribution in [0.4, 0.5) is 10.1 Å².